The fourth-order valence-corrected chi connectivity index (χ4v) is 5.00. The Morgan fingerprint density at radius 3 is 1.90 bits per heavy atom. The van der Waals surface area contributed by atoms with Crippen molar-refractivity contribution in [1.29, 1.82) is 0 Å². The minimum atomic E-state index is 0.220. The molecule has 5 heteroatoms. The highest BCUT2D eigenvalue weighted by molar-refractivity contribution is 6.05. The van der Waals surface area contributed by atoms with E-state index in [1.165, 1.54) is 5.56 Å². The van der Waals surface area contributed by atoms with Crippen LogP contribution in [0, 0.1) is 0 Å². The zero-order chi connectivity index (χ0) is 27.1. The molecule has 0 amide bonds. The fraction of sp³-hybridized carbons (Fsp3) is 0.114. The van der Waals surface area contributed by atoms with Crippen LogP contribution in [0.2, 0.25) is 0 Å². The molecule has 6 rings (SSSR count). The van der Waals surface area contributed by atoms with Crippen molar-refractivity contribution in [2.45, 2.75) is 19.3 Å². The number of furan rings is 1. The first-order valence-electron chi connectivity index (χ1n) is 13.5. The summed E-state index contributed by atoms with van der Waals surface area (Å²) in [5.74, 6) is 1.75. The van der Waals surface area contributed by atoms with E-state index in [0.29, 0.717) is 25.1 Å². The predicted molar refractivity (Wildman–Crippen MR) is 160 cm³/mol. The number of rotatable bonds is 10. The Kier molecular flexibility index (Phi) is 7.44. The van der Waals surface area contributed by atoms with E-state index < -0.39 is 0 Å². The minimum Gasteiger partial charge on any atom is -0.437 e. The van der Waals surface area contributed by atoms with E-state index in [0.717, 1.165) is 51.2 Å². The molecule has 196 valence electrons. The molecule has 0 unspecified atom stereocenters. The SMILES string of the molecule is O=C(Cc1ccccc1)Cc1ccc(CCNc2ncnc3oc(-c4ccccc4)c(-c4ccccc4)c23)cc1. The van der Waals surface area contributed by atoms with Crippen LogP contribution in [0.4, 0.5) is 5.82 Å². The van der Waals surface area contributed by atoms with Crippen LogP contribution in [0.25, 0.3) is 33.6 Å². The van der Waals surface area contributed by atoms with Gasteiger partial charge in [0, 0.05) is 30.5 Å². The van der Waals surface area contributed by atoms with E-state index in [1.54, 1.807) is 6.33 Å². The monoisotopic (exact) mass is 523 g/mol. The second kappa shape index (κ2) is 11.8. The first-order valence-corrected chi connectivity index (χ1v) is 13.5. The first kappa shape index (κ1) is 25.3. The van der Waals surface area contributed by atoms with Gasteiger partial charge in [-0.05, 0) is 28.7 Å². The molecule has 2 aromatic heterocycles. The number of carbonyl (C=O) groups is 1. The summed E-state index contributed by atoms with van der Waals surface area (Å²) >= 11 is 0. The molecule has 4 aromatic carbocycles. The van der Waals surface area contributed by atoms with Crippen molar-refractivity contribution >= 4 is 22.7 Å². The molecule has 0 aliphatic heterocycles. The second-order valence-corrected chi connectivity index (χ2v) is 9.81. The van der Waals surface area contributed by atoms with Gasteiger partial charge in [0.05, 0.1) is 5.39 Å². The van der Waals surface area contributed by atoms with Gasteiger partial charge in [-0.3, -0.25) is 4.79 Å². The summed E-state index contributed by atoms with van der Waals surface area (Å²) in [4.78, 5) is 21.5. The van der Waals surface area contributed by atoms with E-state index in [9.17, 15) is 4.79 Å². The number of hydrogen-bond acceptors (Lipinski definition) is 5. The van der Waals surface area contributed by atoms with E-state index in [1.807, 2.05) is 78.9 Å². The molecule has 0 aliphatic carbocycles. The molecule has 0 atom stereocenters. The number of aromatic nitrogens is 2. The molecule has 6 aromatic rings. The van der Waals surface area contributed by atoms with Gasteiger partial charge in [0.25, 0.3) is 0 Å². The van der Waals surface area contributed by atoms with Gasteiger partial charge in [-0.2, -0.15) is 0 Å². The number of Topliss-reactive ketones (excluding diaryl/α,β-unsaturated/α-hetero) is 1. The second-order valence-electron chi connectivity index (χ2n) is 9.81. The van der Waals surface area contributed by atoms with Gasteiger partial charge < -0.3 is 9.73 Å². The van der Waals surface area contributed by atoms with E-state index >= 15 is 0 Å². The van der Waals surface area contributed by atoms with Crippen molar-refractivity contribution in [2.75, 3.05) is 11.9 Å². The molecule has 5 nitrogen and oxygen atoms in total. The van der Waals surface area contributed by atoms with Gasteiger partial charge in [-0.1, -0.05) is 115 Å². The lowest BCUT2D eigenvalue weighted by Crippen LogP contribution is -2.08. The van der Waals surface area contributed by atoms with Crippen LogP contribution < -0.4 is 5.32 Å². The molecular formula is C35H29N3O2. The molecule has 0 aliphatic rings. The van der Waals surface area contributed by atoms with Gasteiger partial charge in [-0.25, -0.2) is 9.97 Å². The third kappa shape index (κ3) is 5.69. The summed E-state index contributed by atoms with van der Waals surface area (Å²) in [5.41, 5.74) is 6.86. The smallest absolute Gasteiger partial charge is 0.232 e. The fourth-order valence-electron chi connectivity index (χ4n) is 5.00. The Labute approximate surface area is 233 Å². The number of fused-ring (bicyclic) bond motifs is 1. The molecule has 0 saturated carbocycles. The highest BCUT2D eigenvalue weighted by atomic mass is 16.3. The van der Waals surface area contributed by atoms with Crippen molar-refractivity contribution < 1.29 is 9.21 Å². The maximum Gasteiger partial charge on any atom is 0.232 e. The Morgan fingerprint density at radius 1 is 0.650 bits per heavy atom. The van der Waals surface area contributed by atoms with Crippen LogP contribution in [0.5, 0.6) is 0 Å². The number of nitrogens with zero attached hydrogens (tertiary/aromatic N) is 2. The summed E-state index contributed by atoms with van der Waals surface area (Å²) in [6, 6.07) is 38.5. The predicted octanol–water partition coefficient (Wildman–Crippen LogP) is 7.57. The minimum absolute atomic E-state index is 0.220. The molecule has 0 bridgehead atoms. The number of hydrogen-bond donors (Lipinski definition) is 1. The lowest BCUT2D eigenvalue weighted by molar-refractivity contribution is -0.117. The van der Waals surface area contributed by atoms with E-state index in [4.69, 9.17) is 4.42 Å². The molecule has 0 saturated heterocycles. The number of carbonyl (C=O) groups excluding carboxylic acids is 1. The number of anilines is 1. The molecule has 0 radical (unpaired) electrons. The van der Waals surface area contributed by atoms with Crippen LogP contribution in [0.15, 0.2) is 126 Å². The van der Waals surface area contributed by atoms with Crippen molar-refractivity contribution in [3.05, 3.63) is 138 Å². The standard InChI is InChI=1S/C35H29N3O2/c39-30(22-26-10-4-1-5-11-26)23-27-18-16-25(17-19-27)20-21-36-34-32-31(28-12-6-2-7-13-28)33(29-14-8-3-9-15-29)40-35(32)38-24-37-34/h1-19,24H,20-23H2,(H,36,37,38). The van der Waals surface area contributed by atoms with Crippen LogP contribution in [-0.2, 0) is 24.1 Å². The Balaban J connectivity index is 1.18. The Morgan fingerprint density at radius 2 is 1.23 bits per heavy atom. The van der Waals surface area contributed by atoms with Crippen LogP contribution in [0.3, 0.4) is 0 Å². The zero-order valence-corrected chi connectivity index (χ0v) is 22.1. The summed E-state index contributed by atoms with van der Waals surface area (Å²) in [5, 5.41) is 4.39. The van der Waals surface area contributed by atoms with E-state index in [2.05, 4.69) is 51.7 Å². The molecule has 0 fully saturated rings. The Bertz CT molecular complexity index is 1710. The lowest BCUT2D eigenvalue weighted by Gasteiger charge is -2.09. The van der Waals surface area contributed by atoms with Crippen molar-refractivity contribution in [2.24, 2.45) is 0 Å². The van der Waals surface area contributed by atoms with Crippen molar-refractivity contribution in [3.63, 3.8) is 0 Å². The van der Waals surface area contributed by atoms with Crippen molar-refractivity contribution in [1.82, 2.24) is 9.97 Å². The number of benzene rings is 4. The summed E-state index contributed by atoms with van der Waals surface area (Å²) in [6.45, 7) is 0.693. The molecule has 0 spiro atoms. The molecule has 1 N–H and O–H groups in total. The average Bonchev–Trinajstić information content (AvgIpc) is 3.40. The largest absolute Gasteiger partial charge is 0.437 e. The van der Waals surface area contributed by atoms with Gasteiger partial charge in [0.2, 0.25) is 5.71 Å². The van der Waals surface area contributed by atoms with Gasteiger partial charge in [0.1, 0.15) is 23.7 Å². The molecular weight excluding hydrogens is 494 g/mol. The van der Waals surface area contributed by atoms with Gasteiger partial charge in [-0.15, -0.1) is 0 Å². The average molecular weight is 524 g/mol. The highest BCUT2D eigenvalue weighted by Gasteiger charge is 2.21. The third-order valence-electron chi connectivity index (χ3n) is 6.96. The number of nitrogens with one attached hydrogen (secondary N) is 1. The van der Waals surface area contributed by atoms with Gasteiger partial charge >= 0.3 is 0 Å². The lowest BCUT2D eigenvalue weighted by atomic mass is 9.99. The van der Waals surface area contributed by atoms with E-state index in [-0.39, 0.29) is 5.78 Å². The van der Waals surface area contributed by atoms with Crippen LogP contribution in [0.1, 0.15) is 16.7 Å². The number of ketones is 1. The maximum absolute atomic E-state index is 12.5. The van der Waals surface area contributed by atoms with Crippen LogP contribution in [-0.4, -0.2) is 22.3 Å². The maximum atomic E-state index is 12.5. The third-order valence-corrected chi connectivity index (χ3v) is 6.96. The van der Waals surface area contributed by atoms with Crippen LogP contribution >= 0.6 is 0 Å². The van der Waals surface area contributed by atoms with Gasteiger partial charge in [0.15, 0.2) is 0 Å². The normalized spacial score (nSPS) is 11.0. The first-order chi connectivity index (χ1) is 19.7. The Hall–Kier alpha value is -5.03. The van der Waals surface area contributed by atoms with Crippen molar-refractivity contribution in [3.8, 4) is 22.5 Å². The molecule has 2 heterocycles. The zero-order valence-electron chi connectivity index (χ0n) is 22.1. The molecule has 40 heavy (non-hydrogen) atoms. The highest BCUT2D eigenvalue weighted by Crippen LogP contribution is 2.42. The topological polar surface area (TPSA) is 68.0 Å². The quantitative estimate of drug-likeness (QED) is 0.201. The summed E-state index contributed by atoms with van der Waals surface area (Å²) in [6.07, 6.45) is 3.26. The summed E-state index contributed by atoms with van der Waals surface area (Å²) < 4.78 is 6.31. The summed E-state index contributed by atoms with van der Waals surface area (Å²) in [7, 11) is 0.